The lowest BCUT2D eigenvalue weighted by Crippen LogP contribution is -2.47. The number of aromatic nitrogens is 2. The number of para-hydroxylation sites is 1. The van der Waals surface area contributed by atoms with Crippen molar-refractivity contribution in [1.82, 2.24) is 15.3 Å². The fourth-order valence-corrected chi connectivity index (χ4v) is 5.07. The van der Waals surface area contributed by atoms with E-state index in [1.165, 1.54) is 6.07 Å². The van der Waals surface area contributed by atoms with Crippen molar-refractivity contribution >= 4 is 29.2 Å². The van der Waals surface area contributed by atoms with Gasteiger partial charge in [-0.1, -0.05) is 36.0 Å². The zero-order valence-corrected chi connectivity index (χ0v) is 21.4. The van der Waals surface area contributed by atoms with Crippen LogP contribution in [0.15, 0.2) is 82.6 Å². The maximum absolute atomic E-state index is 14.2. The molecule has 37 heavy (non-hydrogen) atoms. The van der Waals surface area contributed by atoms with Gasteiger partial charge < -0.3 is 19.5 Å². The zero-order valence-electron chi connectivity index (χ0n) is 20.6. The largest absolute Gasteiger partial charge is 0.467 e. The van der Waals surface area contributed by atoms with E-state index in [2.05, 4.69) is 20.1 Å². The number of hydrogen-bond acceptors (Lipinski definition) is 7. The molecule has 2 aromatic carbocycles. The molecule has 0 unspecified atom stereocenters. The molecule has 1 saturated heterocycles. The number of thioether (sulfide) groups is 1. The van der Waals surface area contributed by atoms with E-state index in [0.717, 1.165) is 43.3 Å². The van der Waals surface area contributed by atoms with Gasteiger partial charge in [0.15, 0.2) is 5.16 Å². The van der Waals surface area contributed by atoms with Crippen LogP contribution in [0.1, 0.15) is 27.4 Å². The van der Waals surface area contributed by atoms with E-state index < -0.39 is 0 Å². The average molecular weight is 518 g/mol. The maximum atomic E-state index is 14.2. The van der Waals surface area contributed by atoms with Gasteiger partial charge in [0, 0.05) is 49.3 Å². The highest BCUT2D eigenvalue weighted by molar-refractivity contribution is 7.98. The van der Waals surface area contributed by atoms with Gasteiger partial charge in [0.1, 0.15) is 17.4 Å². The molecule has 5 rings (SSSR count). The van der Waals surface area contributed by atoms with E-state index >= 15 is 0 Å². The second kappa shape index (κ2) is 11.5. The molecule has 0 radical (unpaired) electrons. The van der Waals surface area contributed by atoms with Crippen molar-refractivity contribution in [3.8, 4) is 0 Å². The zero-order chi connectivity index (χ0) is 25.6. The first-order valence-electron chi connectivity index (χ1n) is 12.2. The van der Waals surface area contributed by atoms with Crippen molar-refractivity contribution in [2.24, 2.45) is 0 Å². The van der Waals surface area contributed by atoms with Crippen LogP contribution < -0.4 is 15.1 Å². The van der Waals surface area contributed by atoms with Crippen LogP contribution in [-0.2, 0) is 12.3 Å². The molecule has 0 spiro atoms. The van der Waals surface area contributed by atoms with Gasteiger partial charge in [-0.2, -0.15) is 0 Å². The van der Waals surface area contributed by atoms with Gasteiger partial charge in [-0.15, -0.1) is 0 Å². The number of rotatable bonds is 8. The summed E-state index contributed by atoms with van der Waals surface area (Å²) in [5.74, 6) is 1.98. The highest BCUT2D eigenvalue weighted by Crippen LogP contribution is 2.25. The number of furan rings is 1. The molecule has 1 fully saturated rings. The molecule has 3 heterocycles. The van der Waals surface area contributed by atoms with Crippen LogP contribution in [0.2, 0.25) is 0 Å². The minimum atomic E-state index is -0.185. The monoisotopic (exact) mass is 517 g/mol. The van der Waals surface area contributed by atoms with Crippen LogP contribution in [0, 0.1) is 12.7 Å². The van der Waals surface area contributed by atoms with E-state index in [0.29, 0.717) is 34.5 Å². The Balaban J connectivity index is 1.16. The molecule has 9 heteroatoms. The van der Waals surface area contributed by atoms with E-state index in [9.17, 15) is 9.18 Å². The first-order valence-corrected chi connectivity index (χ1v) is 13.2. The lowest BCUT2D eigenvalue weighted by atomic mass is 10.1. The Kier molecular flexibility index (Phi) is 7.70. The molecule has 4 aromatic rings. The summed E-state index contributed by atoms with van der Waals surface area (Å²) >= 11 is 1.57. The third kappa shape index (κ3) is 6.29. The standard InChI is InChI=1S/C28H28FN5O2S/c1-20-17-26(34-14-12-33(13-15-34)25-7-3-2-6-24(25)29)32-28(31-20)37-19-21-8-10-22(11-9-21)27(35)30-18-23-5-4-16-36-23/h2-11,16-17H,12-15,18-19H2,1H3,(H,30,35). The highest BCUT2D eigenvalue weighted by atomic mass is 32.2. The molecule has 2 aromatic heterocycles. The summed E-state index contributed by atoms with van der Waals surface area (Å²) in [6.45, 7) is 5.31. The quantitative estimate of drug-likeness (QED) is 0.259. The number of benzene rings is 2. The van der Waals surface area contributed by atoms with Crippen LogP contribution in [0.5, 0.6) is 0 Å². The third-order valence-corrected chi connectivity index (χ3v) is 7.12. The third-order valence-electron chi connectivity index (χ3n) is 6.20. The van der Waals surface area contributed by atoms with Crippen LogP contribution in [0.25, 0.3) is 0 Å². The predicted octanol–water partition coefficient (Wildman–Crippen LogP) is 5.07. The van der Waals surface area contributed by atoms with Gasteiger partial charge in [-0.25, -0.2) is 14.4 Å². The van der Waals surface area contributed by atoms with Crippen LogP contribution in [-0.4, -0.2) is 42.1 Å². The smallest absolute Gasteiger partial charge is 0.251 e. The molecule has 1 amide bonds. The van der Waals surface area contributed by atoms with Crippen LogP contribution in [0.3, 0.4) is 0 Å². The molecule has 190 valence electrons. The Morgan fingerprint density at radius 3 is 2.49 bits per heavy atom. The summed E-state index contributed by atoms with van der Waals surface area (Å²) in [5, 5.41) is 3.57. The normalized spacial score (nSPS) is 13.6. The SMILES string of the molecule is Cc1cc(N2CCN(c3ccccc3F)CC2)nc(SCc2ccc(C(=O)NCc3ccco3)cc2)n1. The first-order chi connectivity index (χ1) is 18.0. The van der Waals surface area contributed by atoms with E-state index in [4.69, 9.17) is 9.40 Å². The summed E-state index contributed by atoms with van der Waals surface area (Å²) in [4.78, 5) is 26.1. The van der Waals surface area contributed by atoms with Crippen molar-refractivity contribution in [1.29, 1.82) is 0 Å². The van der Waals surface area contributed by atoms with Gasteiger partial charge in [0.2, 0.25) is 0 Å². The lowest BCUT2D eigenvalue weighted by molar-refractivity contribution is 0.0948. The Morgan fingerprint density at radius 1 is 1.00 bits per heavy atom. The number of carbonyl (C=O) groups is 1. The van der Waals surface area contributed by atoms with Gasteiger partial charge >= 0.3 is 0 Å². The molecule has 0 bridgehead atoms. The molecule has 0 atom stereocenters. The molecular weight excluding hydrogens is 489 g/mol. The Bertz CT molecular complexity index is 1340. The number of carbonyl (C=O) groups excluding carboxylic acids is 1. The number of aryl methyl sites for hydroxylation is 1. The molecule has 7 nitrogen and oxygen atoms in total. The van der Waals surface area contributed by atoms with E-state index in [1.807, 2.05) is 55.5 Å². The van der Waals surface area contributed by atoms with Crippen LogP contribution >= 0.6 is 11.8 Å². The van der Waals surface area contributed by atoms with Crippen molar-refractivity contribution in [3.05, 3.63) is 101 Å². The minimum Gasteiger partial charge on any atom is -0.467 e. The van der Waals surface area contributed by atoms with Gasteiger partial charge in [0.25, 0.3) is 5.91 Å². The molecule has 1 N–H and O–H groups in total. The van der Waals surface area contributed by atoms with Crippen molar-refractivity contribution in [2.75, 3.05) is 36.0 Å². The number of piperazine rings is 1. The second-order valence-electron chi connectivity index (χ2n) is 8.82. The molecular formula is C28H28FN5O2S. The van der Waals surface area contributed by atoms with Gasteiger partial charge in [-0.3, -0.25) is 4.79 Å². The summed E-state index contributed by atoms with van der Waals surface area (Å²) in [7, 11) is 0. The molecule has 0 aliphatic carbocycles. The van der Waals surface area contributed by atoms with E-state index in [-0.39, 0.29) is 11.7 Å². The van der Waals surface area contributed by atoms with Crippen LogP contribution in [0.4, 0.5) is 15.9 Å². The number of nitrogens with zero attached hydrogens (tertiary/aromatic N) is 4. The fourth-order valence-electron chi connectivity index (χ4n) is 4.22. The van der Waals surface area contributed by atoms with Crippen molar-refractivity contribution in [2.45, 2.75) is 24.4 Å². The average Bonchev–Trinajstić information content (AvgIpc) is 3.45. The molecule has 1 aliphatic rings. The van der Waals surface area contributed by atoms with Crippen molar-refractivity contribution in [3.63, 3.8) is 0 Å². The van der Waals surface area contributed by atoms with Gasteiger partial charge in [0.05, 0.1) is 18.5 Å². The van der Waals surface area contributed by atoms with Gasteiger partial charge in [-0.05, 0) is 48.9 Å². The fraction of sp³-hybridized carbons (Fsp3) is 0.250. The topological polar surface area (TPSA) is 74.5 Å². The summed E-state index contributed by atoms with van der Waals surface area (Å²) < 4.78 is 19.4. The number of nitrogens with one attached hydrogen (secondary N) is 1. The van der Waals surface area contributed by atoms with E-state index in [1.54, 1.807) is 30.2 Å². The van der Waals surface area contributed by atoms with Crippen molar-refractivity contribution < 1.29 is 13.6 Å². The Hall–Kier alpha value is -3.85. The number of hydrogen-bond donors (Lipinski definition) is 1. The molecule has 0 saturated carbocycles. The minimum absolute atomic E-state index is 0.141. The highest BCUT2D eigenvalue weighted by Gasteiger charge is 2.21. The number of amides is 1. The second-order valence-corrected chi connectivity index (χ2v) is 9.77. The lowest BCUT2D eigenvalue weighted by Gasteiger charge is -2.37. The number of halogens is 1. The Labute approximate surface area is 219 Å². The maximum Gasteiger partial charge on any atom is 0.251 e. The summed E-state index contributed by atoms with van der Waals surface area (Å²) in [5.41, 5.74) is 3.24. The first kappa shape index (κ1) is 24.8. The summed E-state index contributed by atoms with van der Waals surface area (Å²) in [6.07, 6.45) is 1.59. The molecule has 1 aliphatic heterocycles. The number of anilines is 2. The predicted molar refractivity (Wildman–Crippen MR) is 143 cm³/mol. The summed E-state index contributed by atoms with van der Waals surface area (Å²) in [6, 6.07) is 20.1. The Morgan fingerprint density at radius 2 is 1.76 bits per heavy atom.